The van der Waals surface area contributed by atoms with Gasteiger partial charge in [-0.2, -0.15) is 27.1 Å². The minimum absolute atomic E-state index is 0.129. The van der Waals surface area contributed by atoms with Gasteiger partial charge in [-0.05, 0) is 25.1 Å². The maximum Gasteiger partial charge on any atom is 0.408 e. The molecule has 4 aromatic heterocycles. The number of pyridine rings is 2. The number of aromatic nitrogens is 5. The maximum absolute atomic E-state index is 12.7. The Morgan fingerprint density at radius 2 is 1.94 bits per heavy atom. The van der Waals surface area contributed by atoms with E-state index in [9.17, 15) is 27.1 Å². The Morgan fingerprint density at radius 1 is 1.18 bits per heavy atom. The van der Waals surface area contributed by atoms with E-state index in [0.29, 0.717) is 32.5 Å². The van der Waals surface area contributed by atoms with E-state index in [1.165, 1.54) is 36.2 Å². The van der Waals surface area contributed by atoms with E-state index in [-0.39, 0.29) is 23.2 Å². The first-order valence-corrected chi connectivity index (χ1v) is 9.37. The molecule has 0 amide bonds. The first kappa shape index (κ1) is 22.3. The first-order valence-electron chi connectivity index (χ1n) is 9.37. The monoisotopic (exact) mass is 469 g/mol. The zero-order valence-electron chi connectivity index (χ0n) is 17.1. The molecule has 33 heavy (non-hydrogen) atoms. The molecule has 0 bridgehead atoms. The van der Waals surface area contributed by atoms with Gasteiger partial charge in [-0.3, -0.25) is 9.25 Å². The number of hydrogen-bond acceptors (Lipinski definition) is 6. The fraction of sp³-hybridized carbons (Fsp3) is 0.250. The van der Waals surface area contributed by atoms with E-state index in [4.69, 9.17) is 4.74 Å². The van der Waals surface area contributed by atoms with Crippen molar-refractivity contribution >= 4 is 10.9 Å². The van der Waals surface area contributed by atoms with Crippen molar-refractivity contribution in [3.8, 4) is 34.5 Å². The van der Waals surface area contributed by atoms with Crippen LogP contribution in [0.1, 0.15) is 5.69 Å². The molecule has 0 aliphatic heterocycles. The molecule has 0 fully saturated rings. The first-order chi connectivity index (χ1) is 15.6. The number of halogens is 5. The highest BCUT2D eigenvalue weighted by Gasteiger charge is 2.29. The molecule has 4 heterocycles. The van der Waals surface area contributed by atoms with Crippen molar-refractivity contribution in [3.05, 3.63) is 42.5 Å². The van der Waals surface area contributed by atoms with Crippen LogP contribution in [0.4, 0.5) is 22.0 Å². The number of nitrogens with zero attached hydrogens (tertiary/aromatic N) is 5. The normalized spacial score (nSPS) is 12.0. The number of methoxy groups -OCH3 is 1. The lowest BCUT2D eigenvalue weighted by molar-refractivity contribution is -0.142. The lowest BCUT2D eigenvalue weighted by Crippen LogP contribution is -2.17. The van der Waals surface area contributed by atoms with E-state index in [1.807, 2.05) is 0 Å². The van der Waals surface area contributed by atoms with Crippen LogP contribution in [0.3, 0.4) is 0 Å². The minimum atomic E-state index is -4.45. The average Bonchev–Trinajstić information content (AvgIpc) is 3.28. The van der Waals surface area contributed by atoms with Crippen molar-refractivity contribution < 1.29 is 36.5 Å². The lowest BCUT2D eigenvalue weighted by atomic mass is 10.1. The number of fused-ring (bicyclic) bond motifs is 1. The van der Waals surface area contributed by atoms with Gasteiger partial charge in [0.15, 0.2) is 5.75 Å². The maximum atomic E-state index is 12.7. The molecule has 4 aromatic rings. The highest BCUT2D eigenvalue weighted by atomic mass is 19.4. The molecular weight excluding hydrogens is 453 g/mol. The molecule has 0 radical (unpaired) electrons. The molecule has 0 aliphatic carbocycles. The van der Waals surface area contributed by atoms with Crippen molar-refractivity contribution in [2.24, 2.45) is 0 Å². The summed E-state index contributed by atoms with van der Waals surface area (Å²) < 4.78 is 74.7. The number of ether oxygens (including phenoxy) is 2. The highest BCUT2D eigenvalue weighted by Crippen LogP contribution is 2.36. The van der Waals surface area contributed by atoms with E-state index < -0.39 is 19.3 Å². The summed E-state index contributed by atoms with van der Waals surface area (Å²) in [5.41, 5.74) is 1.68. The molecule has 0 saturated heterocycles. The van der Waals surface area contributed by atoms with Gasteiger partial charge in [-0.1, -0.05) is 0 Å². The zero-order chi connectivity index (χ0) is 23.9. The summed E-state index contributed by atoms with van der Waals surface area (Å²) in [7, 11) is 1.26. The quantitative estimate of drug-likeness (QED) is 0.420. The molecular formula is C20H16F5N5O3. The van der Waals surface area contributed by atoms with Crippen LogP contribution >= 0.6 is 0 Å². The van der Waals surface area contributed by atoms with Gasteiger partial charge >= 0.3 is 12.8 Å². The average molecular weight is 469 g/mol. The second-order valence-corrected chi connectivity index (χ2v) is 6.96. The van der Waals surface area contributed by atoms with Gasteiger partial charge in [0.2, 0.25) is 5.88 Å². The predicted octanol–water partition coefficient (Wildman–Crippen LogP) is 4.47. The Morgan fingerprint density at radius 3 is 2.61 bits per heavy atom. The number of aryl methyl sites for hydroxylation is 1. The Labute approximate surface area is 182 Å². The summed E-state index contributed by atoms with van der Waals surface area (Å²) in [5, 5.41) is 14.7. The standard InChI is InChI=1S/C20H16F5N5O3/c1-10-16-13(18(31)30(10)12-7-27-29(8-12)9-20(23,24)25)3-4-14(28-16)11-5-15(33-19(21)22)17(32-2)26-6-11/h3-8,19,31H,9H2,1-2H3. The summed E-state index contributed by atoms with van der Waals surface area (Å²) >= 11 is 0. The molecule has 0 aromatic carbocycles. The van der Waals surface area contributed by atoms with Crippen molar-refractivity contribution in [2.75, 3.05) is 7.11 Å². The second-order valence-electron chi connectivity index (χ2n) is 6.96. The summed E-state index contributed by atoms with van der Waals surface area (Å²) in [4.78, 5) is 8.44. The predicted molar refractivity (Wildman–Crippen MR) is 106 cm³/mol. The Bertz CT molecular complexity index is 1320. The van der Waals surface area contributed by atoms with Crippen molar-refractivity contribution in [3.63, 3.8) is 0 Å². The summed E-state index contributed by atoms with van der Waals surface area (Å²) in [5.74, 6) is -0.639. The number of aromatic hydroxyl groups is 1. The van der Waals surface area contributed by atoms with Crippen LogP contribution in [0.2, 0.25) is 0 Å². The van der Waals surface area contributed by atoms with E-state index in [1.54, 1.807) is 13.0 Å². The van der Waals surface area contributed by atoms with Gasteiger partial charge in [0.1, 0.15) is 6.54 Å². The van der Waals surface area contributed by atoms with Gasteiger partial charge < -0.3 is 14.6 Å². The SMILES string of the molecule is COc1ncc(-c2ccc3c(O)n(-c4cnn(CC(F)(F)F)c4)c(C)c3n2)cc1OC(F)F. The van der Waals surface area contributed by atoms with Crippen LogP contribution in [-0.4, -0.2) is 49.3 Å². The highest BCUT2D eigenvalue weighted by molar-refractivity contribution is 5.90. The zero-order valence-corrected chi connectivity index (χ0v) is 17.1. The van der Waals surface area contributed by atoms with Gasteiger partial charge in [0, 0.05) is 23.7 Å². The smallest absolute Gasteiger partial charge is 0.408 e. The van der Waals surface area contributed by atoms with E-state index in [2.05, 4.69) is 19.8 Å². The summed E-state index contributed by atoms with van der Waals surface area (Å²) in [6, 6.07) is 4.38. The summed E-state index contributed by atoms with van der Waals surface area (Å²) in [6.45, 7) is -2.74. The largest absolute Gasteiger partial charge is 0.494 e. The Balaban J connectivity index is 1.76. The van der Waals surface area contributed by atoms with Gasteiger partial charge in [-0.25, -0.2) is 9.97 Å². The molecule has 0 atom stereocenters. The Hall–Kier alpha value is -3.90. The molecule has 0 spiro atoms. The third kappa shape index (κ3) is 4.38. The fourth-order valence-corrected chi connectivity index (χ4v) is 3.42. The second kappa shape index (κ2) is 8.22. The number of alkyl halides is 5. The third-order valence-electron chi connectivity index (χ3n) is 4.77. The van der Waals surface area contributed by atoms with Crippen LogP contribution in [-0.2, 0) is 6.54 Å². The Kier molecular flexibility index (Phi) is 5.56. The van der Waals surface area contributed by atoms with Gasteiger partial charge in [-0.15, -0.1) is 0 Å². The molecule has 1 N–H and O–H groups in total. The molecule has 4 rings (SSSR count). The number of hydrogen-bond donors (Lipinski definition) is 1. The van der Waals surface area contributed by atoms with Crippen LogP contribution in [0.5, 0.6) is 17.5 Å². The van der Waals surface area contributed by atoms with Crippen LogP contribution in [0.15, 0.2) is 36.8 Å². The molecule has 13 heteroatoms. The molecule has 174 valence electrons. The van der Waals surface area contributed by atoms with Crippen LogP contribution < -0.4 is 9.47 Å². The lowest BCUT2D eigenvalue weighted by Gasteiger charge is -2.10. The van der Waals surface area contributed by atoms with E-state index in [0.717, 1.165) is 6.20 Å². The molecule has 8 nitrogen and oxygen atoms in total. The topological polar surface area (TPSA) is 87.2 Å². The van der Waals surface area contributed by atoms with Crippen LogP contribution in [0, 0.1) is 6.92 Å². The van der Waals surface area contributed by atoms with Crippen molar-refractivity contribution in [1.82, 2.24) is 24.3 Å². The van der Waals surface area contributed by atoms with Gasteiger partial charge in [0.05, 0.1) is 35.6 Å². The number of rotatable bonds is 6. The summed E-state index contributed by atoms with van der Waals surface area (Å²) in [6.07, 6.45) is -0.739. The van der Waals surface area contributed by atoms with Gasteiger partial charge in [0.25, 0.3) is 5.88 Å². The van der Waals surface area contributed by atoms with Crippen LogP contribution in [0.25, 0.3) is 27.8 Å². The molecule has 0 saturated carbocycles. The van der Waals surface area contributed by atoms with E-state index >= 15 is 0 Å². The fourth-order valence-electron chi connectivity index (χ4n) is 3.42. The van der Waals surface area contributed by atoms with Crippen molar-refractivity contribution in [1.29, 1.82) is 0 Å². The minimum Gasteiger partial charge on any atom is -0.494 e. The molecule has 0 aliphatic rings. The molecule has 0 unspecified atom stereocenters. The van der Waals surface area contributed by atoms with Crippen molar-refractivity contribution in [2.45, 2.75) is 26.3 Å². The third-order valence-corrected chi connectivity index (χ3v) is 4.77.